The quantitative estimate of drug-likeness (QED) is 0.651. The first-order valence-corrected chi connectivity index (χ1v) is 8.15. The fourth-order valence-corrected chi connectivity index (χ4v) is 2.70. The molecule has 0 bridgehead atoms. The lowest BCUT2D eigenvalue weighted by Crippen LogP contribution is -2.30. The first kappa shape index (κ1) is 17.5. The first-order valence-electron chi connectivity index (χ1n) is 8.15. The molecule has 0 aliphatic carbocycles. The molecule has 0 N–H and O–H groups in total. The lowest BCUT2D eigenvalue weighted by molar-refractivity contribution is 0.0711. The largest absolute Gasteiger partial charge is 0.493 e. The molecule has 0 fully saturated rings. The van der Waals surface area contributed by atoms with Gasteiger partial charge in [-0.25, -0.2) is 0 Å². The van der Waals surface area contributed by atoms with Crippen molar-refractivity contribution in [1.29, 1.82) is 0 Å². The number of aromatic nitrogens is 1. The lowest BCUT2D eigenvalue weighted by Gasteiger charge is -2.23. The van der Waals surface area contributed by atoms with Gasteiger partial charge in [-0.2, -0.15) is 0 Å². The van der Waals surface area contributed by atoms with Crippen LogP contribution in [0.1, 0.15) is 21.8 Å². The number of pyridine rings is 1. The first-order chi connectivity index (χ1) is 12.7. The van der Waals surface area contributed by atoms with Gasteiger partial charge in [-0.05, 0) is 36.4 Å². The summed E-state index contributed by atoms with van der Waals surface area (Å²) in [6.45, 7) is 0.670. The average molecular weight is 352 g/mol. The van der Waals surface area contributed by atoms with E-state index in [1.54, 1.807) is 48.7 Å². The zero-order valence-corrected chi connectivity index (χ0v) is 14.7. The summed E-state index contributed by atoms with van der Waals surface area (Å²) < 4.78 is 16.1. The van der Waals surface area contributed by atoms with Crippen molar-refractivity contribution in [1.82, 2.24) is 9.88 Å². The van der Waals surface area contributed by atoms with Crippen LogP contribution < -0.4 is 9.47 Å². The summed E-state index contributed by atoms with van der Waals surface area (Å²) in [5.74, 6) is 1.42. The van der Waals surface area contributed by atoms with Gasteiger partial charge in [0.2, 0.25) is 0 Å². The number of ether oxygens (including phenoxy) is 2. The van der Waals surface area contributed by atoms with E-state index in [9.17, 15) is 4.79 Å². The highest BCUT2D eigenvalue weighted by Gasteiger charge is 2.23. The monoisotopic (exact) mass is 352 g/mol. The number of carbonyl (C=O) groups excluding carboxylic acids is 1. The third kappa shape index (κ3) is 3.85. The summed E-state index contributed by atoms with van der Waals surface area (Å²) in [7, 11) is 3.06. The number of rotatable bonds is 7. The molecule has 0 radical (unpaired) electrons. The molecule has 3 aromatic rings. The molecular weight excluding hydrogens is 332 g/mol. The van der Waals surface area contributed by atoms with E-state index in [-0.39, 0.29) is 5.91 Å². The number of benzene rings is 1. The highest BCUT2D eigenvalue weighted by Crippen LogP contribution is 2.32. The van der Waals surface area contributed by atoms with Gasteiger partial charge in [0.05, 0.1) is 44.8 Å². The van der Waals surface area contributed by atoms with Gasteiger partial charge in [0.25, 0.3) is 5.91 Å². The lowest BCUT2D eigenvalue weighted by atomic mass is 10.1. The predicted octanol–water partition coefficient (Wildman–Crippen LogP) is 3.53. The van der Waals surface area contributed by atoms with Crippen molar-refractivity contribution in [3.8, 4) is 11.5 Å². The second-order valence-corrected chi connectivity index (χ2v) is 5.60. The van der Waals surface area contributed by atoms with E-state index in [4.69, 9.17) is 13.9 Å². The molecule has 0 aliphatic rings. The molecule has 134 valence electrons. The van der Waals surface area contributed by atoms with Crippen molar-refractivity contribution >= 4 is 5.91 Å². The average Bonchev–Trinajstić information content (AvgIpc) is 3.20. The van der Waals surface area contributed by atoms with Crippen LogP contribution in [0, 0.1) is 0 Å². The minimum Gasteiger partial charge on any atom is -0.493 e. The Morgan fingerprint density at radius 2 is 1.92 bits per heavy atom. The van der Waals surface area contributed by atoms with Gasteiger partial charge in [-0.3, -0.25) is 9.78 Å². The molecule has 1 aromatic carbocycles. The van der Waals surface area contributed by atoms with E-state index in [0.717, 1.165) is 5.69 Å². The Hall–Kier alpha value is -3.28. The van der Waals surface area contributed by atoms with Gasteiger partial charge < -0.3 is 18.8 Å². The molecule has 0 saturated carbocycles. The van der Waals surface area contributed by atoms with Gasteiger partial charge in [0.1, 0.15) is 5.76 Å². The number of para-hydroxylation sites is 1. The minimum absolute atomic E-state index is 0.192. The maximum absolute atomic E-state index is 13.2. The molecule has 26 heavy (non-hydrogen) atoms. The number of carbonyl (C=O) groups is 1. The Balaban J connectivity index is 1.94. The number of methoxy groups -OCH3 is 2. The fraction of sp³-hybridized carbons (Fsp3) is 0.200. The Morgan fingerprint density at radius 1 is 1.04 bits per heavy atom. The Labute approximate surface area is 152 Å². The zero-order chi connectivity index (χ0) is 18.4. The molecule has 0 saturated heterocycles. The highest BCUT2D eigenvalue weighted by atomic mass is 16.5. The predicted molar refractivity (Wildman–Crippen MR) is 96.1 cm³/mol. The Bertz CT molecular complexity index is 848. The Kier molecular flexibility index (Phi) is 5.53. The van der Waals surface area contributed by atoms with Crippen LogP contribution in [0.4, 0.5) is 0 Å². The van der Waals surface area contributed by atoms with E-state index < -0.39 is 0 Å². The van der Waals surface area contributed by atoms with Crippen LogP contribution in [-0.2, 0) is 13.1 Å². The third-order valence-electron chi connectivity index (χ3n) is 3.93. The summed E-state index contributed by atoms with van der Waals surface area (Å²) in [4.78, 5) is 19.2. The number of nitrogens with zero attached hydrogens (tertiary/aromatic N) is 2. The van der Waals surface area contributed by atoms with Crippen LogP contribution in [0.2, 0.25) is 0 Å². The van der Waals surface area contributed by atoms with Crippen LogP contribution in [-0.4, -0.2) is 30.0 Å². The van der Waals surface area contributed by atoms with Gasteiger partial charge in [-0.15, -0.1) is 0 Å². The summed E-state index contributed by atoms with van der Waals surface area (Å²) in [6, 6.07) is 14.5. The minimum atomic E-state index is -0.192. The molecule has 6 nitrogen and oxygen atoms in total. The molecule has 2 heterocycles. The van der Waals surface area contributed by atoms with E-state index in [2.05, 4.69) is 4.98 Å². The summed E-state index contributed by atoms with van der Waals surface area (Å²) in [6.07, 6.45) is 3.29. The molecule has 6 heteroatoms. The summed E-state index contributed by atoms with van der Waals surface area (Å²) >= 11 is 0. The molecule has 1 amide bonds. The zero-order valence-electron chi connectivity index (χ0n) is 14.7. The second-order valence-electron chi connectivity index (χ2n) is 5.60. The number of hydrogen-bond donors (Lipinski definition) is 0. The van der Waals surface area contributed by atoms with Crippen molar-refractivity contribution in [2.24, 2.45) is 0 Å². The van der Waals surface area contributed by atoms with Crippen molar-refractivity contribution < 1.29 is 18.7 Å². The van der Waals surface area contributed by atoms with Gasteiger partial charge in [0, 0.05) is 6.20 Å². The Morgan fingerprint density at radius 3 is 2.58 bits per heavy atom. The van der Waals surface area contributed by atoms with Crippen LogP contribution in [0.5, 0.6) is 11.5 Å². The van der Waals surface area contributed by atoms with Crippen molar-refractivity contribution in [3.63, 3.8) is 0 Å². The molecule has 2 aromatic heterocycles. The maximum atomic E-state index is 13.2. The normalized spacial score (nSPS) is 10.4. The highest BCUT2D eigenvalue weighted by molar-refractivity contribution is 5.97. The van der Waals surface area contributed by atoms with Gasteiger partial charge >= 0.3 is 0 Å². The van der Waals surface area contributed by atoms with Crippen molar-refractivity contribution in [3.05, 3.63) is 78.0 Å². The number of amides is 1. The van der Waals surface area contributed by atoms with E-state index in [0.29, 0.717) is 35.9 Å². The van der Waals surface area contributed by atoms with Crippen LogP contribution >= 0.6 is 0 Å². The number of furan rings is 1. The topological polar surface area (TPSA) is 64.8 Å². The molecule has 0 spiro atoms. The number of hydrogen-bond acceptors (Lipinski definition) is 5. The van der Waals surface area contributed by atoms with Crippen LogP contribution in [0.3, 0.4) is 0 Å². The molecule has 3 rings (SSSR count). The van der Waals surface area contributed by atoms with E-state index >= 15 is 0 Å². The molecule has 0 atom stereocenters. The van der Waals surface area contributed by atoms with Crippen molar-refractivity contribution in [2.75, 3.05) is 14.2 Å². The SMILES string of the molecule is COc1cccc(C(=O)N(Cc2ccccn2)Cc2ccco2)c1OC. The van der Waals surface area contributed by atoms with E-state index in [1.165, 1.54) is 7.11 Å². The third-order valence-corrected chi connectivity index (χ3v) is 3.93. The maximum Gasteiger partial charge on any atom is 0.258 e. The molecule has 0 unspecified atom stereocenters. The van der Waals surface area contributed by atoms with Crippen LogP contribution in [0.15, 0.2) is 65.4 Å². The molecular formula is C20H20N2O4. The standard InChI is InChI=1S/C20H20N2O4/c1-24-18-10-5-9-17(19(18)25-2)20(23)22(14-16-8-6-12-26-16)13-15-7-3-4-11-21-15/h3-12H,13-14H2,1-2H3. The summed E-state index contributed by atoms with van der Waals surface area (Å²) in [5, 5.41) is 0. The van der Waals surface area contributed by atoms with Crippen LogP contribution in [0.25, 0.3) is 0 Å². The van der Waals surface area contributed by atoms with Gasteiger partial charge in [-0.1, -0.05) is 12.1 Å². The summed E-state index contributed by atoms with van der Waals surface area (Å²) in [5.41, 5.74) is 1.21. The smallest absolute Gasteiger partial charge is 0.258 e. The molecule has 0 aliphatic heterocycles. The van der Waals surface area contributed by atoms with E-state index in [1.807, 2.05) is 24.3 Å². The second kappa shape index (κ2) is 8.20. The van der Waals surface area contributed by atoms with Crippen molar-refractivity contribution in [2.45, 2.75) is 13.1 Å². The van der Waals surface area contributed by atoms with Gasteiger partial charge in [0.15, 0.2) is 11.5 Å². The fourth-order valence-electron chi connectivity index (χ4n) is 2.70.